The van der Waals surface area contributed by atoms with Crippen molar-refractivity contribution in [3.05, 3.63) is 48.0 Å². The van der Waals surface area contributed by atoms with Crippen LogP contribution in [0.1, 0.15) is 24.0 Å². The monoisotopic (exact) mass is 275 g/mol. The van der Waals surface area contributed by atoms with Crippen molar-refractivity contribution in [3.63, 3.8) is 0 Å². The molecule has 0 aliphatic rings. The summed E-state index contributed by atoms with van der Waals surface area (Å²) >= 11 is 0. The van der Waals surface area contributed by atoms with Crippen LogP contribution in [0.3, 0.4) is 0 Å². The minimum atomic E-state index is -0.893. The molecule has 0 heterocycles. The van der Waals surface area contributed by atoms with E-state index in [-0.39, 0.29) is 12.5 Å². The molecule has 1 amide bonds. The van der Waals surface area contributed by atoms with Crippen LogP contribution in [0.4, 0.5) is 0 Å². The van der Waals surface area contributed by atoms with Gasteiger partial charge in [0, 0.05) is 13.0 Å². The third kappa shape index (κ3) is 5.69. The maximum atomic E-state index is 11.5. The Morgan fingerprint density at radius 2 is 2.20 bits per heavy atom. The van der Waals surface area contributed by atoms with Gasteiger partial charge in [-0.25, -0.2) is 0 Å². The first kappa shape index (κ1) is 16.0. The highest BCUT2D eigenvalue weighted by molar-refractivity contribution is 5.77. The standard InChI is InChI=1S/C16H21NO3/c1-3-4-8-15(18)17-11-14(16(19)20)10-13-7-5-6-12(2)9-13/h3,5-7,9,14H,1,4,8,10-11H2,2H3,(H,17,18)(H,19,20). The van der Waals surface area contributed by atoms with Gasteiger partial charge < -0.3 is 10.4 Å². The molecule has 1 aromatic rings. The number of aryl methyl sites for hydroxylation is 1. The van der Waals surface area contributed by atoms with Gasteiger partial charge in [0.15, 0.2) is 0 Å². The highest BCUT2D eigenvalue weighted by Gasteiger charge is 2.18. The molecule has 20 heavy (non-hydrogen) atoms. The van der Waals surface area contributed by atoms with Gasteiger partial charge in [-0.1, -0.05) is 35.9 Å². The number of carbonyl (C=O) groups is 2. The van der Waals surface area contributed by atoms with E-state index in [2.05, 4.69) is 11.9 Å². The van der Waals surface area contributed by atoms with E-state index in [9.17, 15) is 14.7 Å². The first-order valence-corrected chi connectivity index (χ1v) is 6.69. The van der Waals surface area contributed by atoms with Gasteiger partial charge in [-0.15, -0.1) is 6.58 Å². The van der Waals surface area contributed by atoms with Gasteiger partial charge in [0.2, 0.25) is 5.91 Å². The third-order valence-electron chi connectivity index (χ3n) is 3.03. The van der Waals surface area contributed by atoms with Crippen molar-refractivity contribution in [2.75, 3.05) is 6.54 Å². The lowest BCUT2D eigenvalue weighted by atomic mass is 9.98. The minimum Gasteiger partial charge on any atom is -0.481 e. The molecule has 1 unspecified atom stereocenters. The van der Waals surface area contributed by atoms with E-state index >= 15 is 0 Å². The second kappa shape index (κ2) is 8.15. The molecule has 1 rings (SSSR count). The molecule has 4 nitrogen and oxygen atoms in total. The molecule has 0 spiro atoms. The van der Waals surface area contributed by atoms with Crippen LogP contribution in [0.15, 0.2) is 36.9 Å². The predicted octanol–water partition coefficient (Wildman–Crippen LogP) is 2.32. The SMILES string of the molecule is C=CCCC(=O)NCC(Cc1cccc(C)c1)C(=O)O. The average molecular weight is 275 g/mol. The molecule has 0 radical (unpaired) electrons. The number of hydrogen-bond donors (Lipinski definition) is 2. The Hall–Kier alpha value is -2.10. The summed E-state index contributed by atoms with van der Waals surface area (Å²) < 4.78 is 0. The molecule has 4 heteroatoms. The first-order valence-electron chi connectivity index (χ1n) is 6.69. The zero-order valence-corrected chi connectivity index (χ0v) is 11.8. The summed E-state index contributed by atoms with van der Waals surface area (Å²) in [4.78, 5) is 22.7. The van der Waals surface area contributed by atoms with Crippen LogP contribution in [0.5, 0.6) is 0 Å². The Bertz CT molecular complexity index is 482. The Morgan fingerprint density at radius 3 is 2.80 bits per heavy atom. The Balaban J connectivity index is 2.55. The maximum Gasteiger partial charge on any atom is 0.308 e. The Labute approximate surface area is 119 Å². The van der Waals surface area contributed by atoms with E-state index < -0.39 is 11.9 Å². The fourth-order valence-electron chi connectivity index (χ4n) is 1.93. The van der Waals surface area contributed by atoms with Crippen LogP contribution in [0, 0.1) is 12.8 Å². The quantitative estimate of drug-likeness (QED) is 0.715. The number of aliphatic carboxylic acids is 1. The highest BCUT2D eigenvalue weighted by Crippen LogP contribution is 2.11. The molecule has 1 aromatic carbocycles. The molecule has 0 saturated carbocycles. The third-order valence-corrected chi connectivity index (χ3v) is 3.03. The largest absolute Gasteiger partial charge is 0.481 e. The van der Waals surface area contributed by atoms with Crippen LogP contribution in [-0.2, 0) is 16.0 Å². The number of benzene rings is 1. The van der Waals surface area contributed by atoms with E-state index in [0.717, 1.165) is 11.1 Å². The summed E-state index contributed by atoms with van der Waals surface area (Å²) in [6.45, 7) is 5.67. The first-order chi connectivity index (χ1) is 9.52. The molecule has 0 aromatic heterocycles. The summed E-state index contributed by atoms with van der Waals surface area (Å²) in [7, 11) is 0. The van der Waals surface area contributed by atoms with Crippen molar-refractivity contribution in [2.45, 2.75) is 26.2 Å². The number of carbonyl (C=O) groups excluding carboxylic acids is 1. The number of carboxylic acids is 1. The minimum absolute atomic E-state index is 0.139. The summed E-state index contributed by atoms with van der Waals surface area (Å²) in [5.41, 5.74) is 2.07. The van der Waals surface area contributed by atoms with Gasteiger partial charge in [-0.2, -0.15) is 0 Å². The van der Waals surface area contributed by atoms with Crippen molar-refractivity contribution < 1.29 is 14.7 Å². The molecule has 2 N–H and O–H groups in total. The Morgan fingerprint density at radius 1 is 1.45 bits per heavy atom. The predicted molar refractivity (Wildman–Crippen MR) is 78.4 cm³/mol. The van der Waals surface area contributed by atoms with Gasteiger partial charge in [-0.05, 0) is 25.3 Å². The van der Waals surface area contributed by atoms with Gasteiger partial charge >= 0.3 is 5.97 Å². The lowest BCUT2D eigenvalue weighted by Crippen LogP contribution is -2.33. The van der Waals surface area contributed by atoms with Gasteiger partial charge in [-0.3, -0.25) is 9.59 Å². The van der Waals surface area contributed by atoms with Crippen LogP contribution in [-0.4, -0.2) is 23.5 Å². The van der Waals surface area contributed by atoms with Crippen molar-refractivity contribution in [1.82, 2.24) is 5.32 Å². The van der Waals surface area contributed by atoms with E-state index in [0.29, 0.717) is 19.3 Å². The number of nitrogens with one attached hydrogen (secondary N) is 1. The van der Waals surface area contributed by atoms with Crippen molar-refractivity contribution >= 4 is 11.9 Å². The summed E-state index contributed by atoms with van der Waals surface area (Å²) in [5, 5.41) is 11.9. The molecule has 0 fully saturated rings. The average Bonchev–Trinajstić information content (AvgIpc) is 2.40. The fourth-order valence-corrected chi connectivity index (χ4v) is 1.93. The molecular weight excluding hydrogens is 254 g/mol. The van der Waals surface area contributed by atoms with Gasteiger partial charge in [0.1, 0.15) is 0 Å². The molecular formula is C16H21NO3. The van der Waals surface area contributed by atoms with Crippen molar-refractivity contribution in [3.8, 4) is 0 Å². The van der Waals surface area contributed by atoms with Crippen molar-refractivity contribution in [1.29, 1.82) is 0 Å². The van der Waals surface area contributed by atoms with E-state index in [4.69, 9.17) is 0 Å². The normalized spacial score (nSPS) is 11.7. The number of amides is 1. The summed E-state index contributed by atoms with van der Waals surface area (Å²) in [6.07, 6.45) is 3.03. The zero-order valence-electron chi connectivity index (χ0n) is 11.8. The number of carboxylic acid groups (broad SMARTS) is 1. The maximum absolute atomic E-state index is 11.5. The van der Waals surface area contributed by atoms with Crippen molar-refractivity contribution in [2.24, 2.45) is 5.92 Å². The van der Waals surface area contributed by atoms with Crippen LogP contribution >= 0.6 is 0 Å². The summed E-state index contributed by atoms with van der Waals surface area (Å²) in [5.74, 6) is -1.64. The van der Waals surface area contributed by atoms with Crippen LogP contribution in [0.2, 0.25) is 0 Å². The lowest BCUT2D eigenvalue weighted by molar-refractivity contribution is -0.141. The molecule has 108 valence electrons. The van der Waals surface area contributed by atoms with Gasteiger partial charge in [0.05, 0.1) is 5.92 Å². The fraction of sp³-hybridized carbons (Fsp3) is 0.375. The molecule has 0 aliphatic carbocycles. The van der Waals surface area contributed by atoms with Crippen LogP contribution < -0.4 is 5.32 Å². The Kier molecular flexibility index (Phi) is 6.50. The van der Waals surface area contributed by atoms with Crippen LogP contribution in [0.25, 0.3) is 0 Å². The van der Waals surface area contributed by atoms with E-state index in [1.165, 1.54) is 0 Å². The topological polar surface area (TPSA) is 66.4 Å². The highest BCUT2D eigenvalue weighted by atomic mass is 16.4. The number of hydrogen-bond acceptors (Lipinski definition) is 2. The second-order valence-electron chi connectivity index (χ2n) is 4.86. The molecule has 0 aliphatic heterocycles. The van der Waals surface area contributed by atoms with Gasteiger partial charge in [0.25, 0.3) is 0 Å². The smallest absolute Gasteiger partial charge is 0.308 e. The van der Waals surface area contributed by atoms with E-state index in [1.807, 2.05) is 31.2 Å². The molecule has 0 saturated heterocycles. The summed E-state index contributed by atoms with van der Waals surface area (Å²) in [6, 6.07) is 7.75. The molecule has 0 bridgehead atoms. The van der Waals surface area contributed by atoms with E-state index in [1.54, 1.807) is 6.08 Å². The molecule has 1 atom stereocenters. The number of allylic oxidation sites excluding steroid dienone is 1. The zero-order chi connectivity index (χ0) is 15.0. The number of rotatable bonds is 8. The lowest BCUT2D eigenvalue weighted by Gasteiger charge is -2.13. The second-order valence-corrected chi connectivity index (χ2v) is 4.86.